The normalized spacial score (nSPS) is 10.6. The van der Waals surface area contributed by atoms with E-state index >= 15 is 0 Å². The van der Waals surface area contributed by atoms with E-state index in [1.165, 1.54) is 0 Å². The van der Waals surface area contributed by atoms with E-state index in [-0.39, 0.29) is 5.75 Å². The molecule has 0 aliphatic carbocycles. The second-order valence-corrected chi connectivity index (χ2v) is 4.83. The van der Waals surface area contributed by atoms with Gasteiger partial charge in [-0.3, -0.25) is 0 Å². The van der Waals surface area contributed by atoms with E-state index in [9.17, 15) is 5.11 Å². The topological polar surface area (TPSA) is 47.9 Å². The largest absolute Gasteiger partial charge is 0.506 e. The molecule has 1 N–H and O–H groups in total. The van der Waals surface area contributed by atoms with Gasteiger partial charge in [-0.1, -0.05) is 0 Å². The minimum Gasteiger partial charge on any atom is -0.506 e. The number of ether oxygens (including phenoxy) is 3. The summed E-state index contributed by atoms with van der Waals surface area (Å²) in [6.07, 6.45) is 0. The van der Waals surface area contributed by atoms with Crippen LogP contribution in [0.5, 0.6) is 23.0 Å². The van der Waals surface area contributed by atoms with E-state index in [1.807, 2.05) is 6.92 Å². The maximum absolute atomic E-state index is 10.4. The fourth-order valence-electron chi connectivity index (χ4n) is 2.19. The molecular formula is C14H15BrO4. The Bertz CT molecular complexity index is 637. The maximum atomic E-state index is 10.4. The van der Waals surface area contributed by atoms with Crippen LogP contribution in [0.3, 0.4) is 0 Å². The van der Waals surface area contributed by atoms with E-state index in [1.54, 1.807) is 33.5 Å². The van der Waals surface area contributed by atoms with Crippen molar-refractivity contribution in [3.05, 3.63) is 22.2 Å². The number of phenols is 1. The number of benzene rings is 2. The van der Waals surface area contributed by atoms with Crippen LogP contribution in [0, 0.1) is 6.92 Å². The predicted molar refractivity (Wildman–Crippen MR) is 77.7 cm³/mol. The van der Waals surface area contributed by atoms with Crippen molar-refractivity contribution in [2.75, 3.05) is 21.3 Å². The molecule has 0 spiro atoms. The van der Waals surface area contributed by atoms with Gasteiger partial charge in [-0.15, -0.1) is 0 Å². The van der Waals surface area contributed by atoms with Gasteiger partial charge < -0.3 is 19.3 Å². The minimum absolute atomic E-state index is 0.115. The van der Waals surface area contributed by atoms with Gasteiger partial charge in [0.2, 0.25) is 0 Å². The third-order valence-corrected chi connectivity index (χ3v) is 4.08. The van der Waals surface area contributed by atoms with Crippen LogP contribution in [0.1, 0.15) is 5.56 Å². The molecule has 5 heteroatoms. The Morgan fingerprint density at radius 2 is 1.47 bits per heavy atom. The summed E-state index contributed by atoms with van der Waals surface area (Å²) in [5.41, 5.74) is 0.805. The molecule has 0 atom stereocenters. The summed E-state index contributed by atoms with van der Waals surface area (Å²) in [5.74, 6) is 1.95. The summed E-state index contributed by atoms with van der Waals surface area (Å²) in [5, 5.41) is 11.6. The van der Waals surface area contributed by atoms with E-state index in [2.05, 4.69) is 15.9 Å². The lowest BCUT2D eigenvalue weighted by Gasteiger charge is -2.17. The zero-order valence-corrected chi connectivity index (χ0v) is 12.8. The summed E-state index contributed by atoms with van der Waals surface area (Å²) < 4.78 is 16.7. The molecule has 4 nitrogen and oxygen atoms in total. The first-order valence-corrected chi connectivity index (χ1v) is 6.45. The Morgan fingerprint density at radius 1 is 0.947 bits per heavy atom. The third kappa shape index (κ3) is 1.98. The SMILES string of the molecule is COc1ccc(OC)c2c(OC)c(C)c(Br)c(O)c12. The van der Waals surface area contributed by atoms with Gasteiger partial charge in [-0.2, -0.15) is 0 Å². The van der Waals surface area contributed by atoms with Crippen LogP contribution in [-0.4, -0.2) is 26.4 Å². The number of halogens is 1. The molecule has 0 radical (unpaired) electrons. The Hall–Kier alpha value is -1.62. The van der Waals surface area contributed by atoms with Crippen molar-refractivity contribution < 1.29 is 19.3 Å². The highest BCUT2D eigenvalue weighted by Gasteiger charge is 2.21. The van der Waals surface area contributed by atoms with Crippen LogP contribution in [0.2, 0.25) is 0 Å². The monoisotopic (exact) mass is 326 g/mol. The molecule has 0 unspecified atom stereocenters. The van der Waals surface area contributed by atoms with Crippen molar-refractivity contribution in [3.63, 3.8) is 0 Å². The number of rotatable bonds is 3. The molecule has 0 aromatic heterocycles. The zero-order chi connectivity index (χ0) is 14.2. The van der Waals surface area contributed by atoms with Gasteiger partial charge in [-0.25, -0.2) is 0 Å². The zero-order valence-electron chi connectivity index (χ0n) is 11.2. The summed E-state index contributed by atoms with van der Waals surface area (Å²) in [6.45, 7) is 1.86. The number of hydrogen-bond acceptors (Lipinski definition) is 4. The average molecular weight is 327 g/mol. The summed E-state index contributed by atoms with van der Waals surface area (Å²) in [4.78, 5) is 0. The molecule has 0 saturated carbocycles. The van der Waals surface area contributed by atoms with Gasteiger partial charge in [0.1, 0.15) is 23.0 Å². The second kappa shape index (κ2) is 5.17. The van der Waals surface area contributed by atoms with Gasteiger partial charge in [-0.05, 0) is 35.0 Å². The van der Waals surface area contributed by atoms with E-state index in [0.29, 0.717) is 32.5 Å². The Labute approximate surface area is 120 Å². The average Bonchev–Trinajstić information content (AvgIpc) is 2.44. The van der Waals surface area contributed by atoms with Gasteiger partial charge in [0.05, 0.1) is 36.6 Å². The molecular weight excluding hydrogens is 312 g/mol. The highest BCUT2D eigenvalue weighted by molar-refractivity contribution is 9.10. The molecule has 0 fully saturated rings. The molecule has 2 aromatic carbocycles. The first kappa shape index (κ1) is 13.8. The van der Waals surface area contributed by atoms with Crippen LogP contribution in [-0.2, 0) is 0 Å². The first-order chi connectivity index (χ1) is 9.06. The van der Waals surface area contributed by atoms with Crippen molar-refractivity contribution in [2.45, 2.75) is 6.92 Å². The van der Waals surface area contributed by atoms with Crippen molar-refractivity contribution >= 4 is 26.7 Å². The van der Waals surface area contributed by atoms with Crippen molar-refractivity contribution in [1.29, 1.82) is 0 Å². The summed E-state index contributed by atoms with van der Waals surface area (Å²) in [7, 11) is 4.72. The van der Waals surface area contributed by atoms with Gasteiger partial charge in [0, 0.05) is 5.56 Å². The number of aromatic hydroxyl groups is 1. The van der Waals surface area contributed by atoms with Gasteiger partial charge >= 0.3 is 0 Å². The fourth-order valence-corrected chi connectivity index (χ4v) is 2.57. The van der Waals surface area contributed by atoms with Crippen molar-refractivity contribution in [1.82, 2.24) is 0 Å². The Kier molecular flexibility index (Phi) is 3.75. The lowest BCUT2D eigenvalue weighted by atomic mass is 10.0. The molecule has 0 aliphatic rings. The molecule has 0 saturated heterocycles. The Morgan fingerprint density at radius 3 is 1.95 bits per heavy atom. The van der Waals surface area contributed by atoms with Crippen LogP contribution < -0.4 is 14.2 Å². The lowest BCUT2D eigenvalue weighted by molar-refractivity contribution is 0.395. The molecule has 2 rings (SSSR count). The van der Waals surface area contributed by atoms with E-state index < -0.39 is 0 Å². The lowest BCUT2D eigenvalue weighted by Crippen LogP contribution is -1.96. The van der Waals surface area contributed by atoms with Gasteiger partial charge in [0.15, 0.2) is 0 Å². The first-order valence-electron chi connectivity index (χ1n) is 5.66. The molecule has 0 aliphatic heterocycles. The quantitative estimate of drug-likeness (QED) is 0.935. The third-order valence-electron chi connectivity index (χ3n) is 3.11. The second-order valence-electron chi connectivity index (χ2n) is 4.04. The fraction of sp³-hybridized carbons (Fsp3) is 0.286. The molecule has 2 aromatic rings. The molecule has 0 heterocycles. The molecule has 0 amide bonds. The molecule has 19 heavy (non-hydrogen) atoms. The molecule has 0 bridgehead atoms. The maximum Gasteiger partial charge on any atom is 0.142 e. The van der Waals surface area contributed by atoms with Crippen LogP contribution in [0.25, 0.3) is 10.8 Å². The number of fused-ring (bicyclic) bond motifs is 1. The van der Waals surface area contributed by atoms with E-state index in [0.717, 1.165) is 5.56 Å². The Balaban J connectivity index is 3.07. The van der Waals surface area contributed by atoms with Crippen LogP contribution >= 0.6 is 15.9 Å². The van der Waals surface area contributed by atoms with Crippen LogP contribution in [0.15, 0.2) is 16.6 Å². The highest BCUT2D eigenvalue weighted by atomic mass is 79.9. The number of phenolic OH excluding ortho intramolecular Hbond substituents is 1. The highest BCUT2D eigenvalue weighted by Crippen LogP contribution is 2.49. The smallest absolute Gasteiger partial charge is 0.142 e. The molecule has 102 valence electrons. The standard InChI is InChI=1S/C14H15BrO4/c1-7-12(15)13(16)10-8(17-2)5-6-9(18-3)11(10)14(7)19-4/h5-6,16H,1-4H3. The number of methoxy groups -OCH3 is 3. The van der Waals surface area contributed by atoms with Crippen LogP contribution in [0.4, 0.5) is 0 Å². The minimum atomic E-state index is 0.115. The van der Waals surface area contributed by atoms with Gasteiger partial charge in [0.25, 0.3) is 0 Å². The van der Waals surface area contributed by atoms with Crippen molar-refractivity contribution in [3.8, 4) is 23.0 Å². The summed E-state index contributed by atoms with van der Waals surface area (Å²) >= 11 is 3.38. The predicted octanol–water partition coefficient (Wildman–Crippen LogP) is 3.64. The summed E-state index contributed by atoms with van der Waals surface area (Å²) in [6, 6.07) is 3.54. The van der Waals surface area contributed by atoms with Crippen molar-refractivity contribution in [2.24, 2.45) is 0 Å². The van der Waals surface area contributed by atoms with E-state index in [4.69, 9.17) is 14.2 Å². The number of hydrogen-bond donors (Lipinski definition) is 1.